The zero-order valence-electron chi connectivity index (χ0n) is 15.7. The molecule has 0 aromatic heterocycles. The number of nitrogens with zero attached hydrogens (tertiary/aromatic N) is 1. The molecule has 1 N–H and O–H groups in total. The molecule has 0 heterocycles. The summed E-state index contributed by atoms with van der Waals surface area (Å²) in [5.41, 5.74) is 1.95. The lowest BCUT2D eigenvalue weighted by molar-refractivity contribution is 0.100. The predicted octanol–water partition coefficient (Wildman–Crippen LogP) is 4.25. The maximum atomic E-state index is 11.3. The van der Waals surface area contributed by atoms with Gasteiger partial charge in [-0.1, -0.05) is 103 Å². The number of aliphatic hydroxyl groups is 1. The van der Waals surface area contributed by atoms with Crippen molar-refractivity contribution < 1.29 is 5.11 Å². The summed E-state index contributed by atoms with van der Waals surface area (Å²) in [5.74, 6) is 6.33. The van der Waals surface area contributed by atoms with Crippen LogP contribution < -0.4 is 0 Å². The van der Waals surface area contributed by atoms with Crippen molar-refractivity contribution in [2.75, 3.05) is 13.6 Å². The molecule has 0 saturated heterocycles. The first-order chi connectivity index (χ1) is 13.2. The van der Waals surface area contributed by atoms with Gasteiger partial charge in [0, 0.05) is 13.0 Å². The van der Waals surface area contributed by atoms with Crippen molar-refractivity contribution in [2.45, 2.75) is 18.6 Å². The topological polar surface area (TPSA) is 23.5 Å². The first-order valence-corrected chi connectivity index (χ1v) is 9.20. The highest BCUT2D eigenvalue weighted by Crippen LogP contribution is 2.25. The van der Waals surface area contributed by atoms with Crippen LogP contribution in [0.2, 0.25) is 0 Å². The molecule has 0 aliphatic rings. The molecule has 2 nitrogen and oxygen atoms in total. The normalized spacial score (nSPS) is 12.9. The molecular weight excluding hydrogens is 330 g/mol. The Morgan fingerprint density at radius 1 is 0.778 bits per heavy atom. The van der Waals surface area contributed by atoms with Crippen LogP contribution >= 0.6 is 0 Å². The standard InChI is InChI=1S/C25H25NO/c1-26(21-23-14-7-3-8-15-23)19-11-18-25(27,24-16-9-4-10-17-24)20-22-12-5-2-6-13-22/h2-10,12-17,27H,19-21H2,1H3. The summed E-state index contributed by atoms with van der Waals surface area (Å²) in [7, 11) is 2.04. The minimum Gasteiger partial charge on any atom is -0.373 e. The van der Waals surface area contributed by atoms with E-state index < -0.39 is 5.60 Å². The lowest BCUT2D eigenvalue weighted by Gasteiger charge is -2.23. The van der Waals surface area contributed by atoms with Gasteiger partial charge < -0.3 is 5.11 Å². The van der Waals surface area contributed by atoms with Crippen LogP contribution in [0, 0.1) is 11.8 Å². The molecule has 0 saturated carbocycles. The Hall–Kier alpha value is -2.86. The summed E-state index contributed by atoms with van der Waals surface area (Å²) < 4.78 is 0. The van der Waals surface area contributed by atoms with Gasteiger partial charge in [0.25, 0.3) is 0 Å². The van der Waals surface area contributed by atoms with E-state index in [1.54, 1.807) is 0 Å². The Kier molecular flexibility index (Phi) is 6.44. The number of benzene rings is 3. The number of hydrogen-bond donors (Lipinski definition) is 1. The van der Waals surface area contributed by atoms with E-state index in [1.165, 1.54) is 5.56 Å². The fourth-order valence-electron chi connectivity index (χ4n) is 3.10. The summed E-state index contributed by atoms with van der Waals surface area (Å²) in [6.45, 7) is 1.43. The Balaban J connectivity index is 1.75. The van der Waals surface area contributed by atoms with Gasteiger partial charge >= 0.3 is 0 Å². The molecule has 0 radical (unpaired) electrons. The van der Waals surface area contributed by atoms with Gasteiger partial charge in [0.05, 0.1) is 6.54 Å². The monoisotopic (exact) mass is 355 g/mol. The van der Waals surface area contributed by atoms with Crippen LogP contribution in [0.4, 0.5) is 0 Å². The van der Waals surface area contributed by atoms with Gasteiger partial charge in [-0.3, -0.25) is 4.90 Å². The van der Waals surface area contributed by atoms with Gasteiger partial charge in [-0.15, -0.1) is 0 Å². The van der Waals surface area contributed by atoms with E-state index in [9.17, 15) is 5.11 Å². The van der Waals surface area contributed by atoms with E-state index in [2.05, 4.69) is 28.9 Å². The second-order valence-electron chi connectivity index (χ2n) is 6.85. The molecule has 0 bridgehead atoms. The van der Waals surface area contributed by atoms with Crippen LogP contribution in [0.15, 0.2) is 91.0 Å². The second kappa shape index (κ2) is 9.19. The summed E-state index contributed by atoms with van der Waals surface area (Å²) in [5, 5.41) is 11.3. The predicted molar refractivity (Wildman–Crippen MR) is 111 cm³/mol. The molecule has 136 valence electrons. The zero-order valence-corrected chi connectivity index (χ0v) is 15.7. The second-order valence-corrected chi connectivity index (χ2v) is 6.85. The molecule has 0 fully saturated rings. The average molecular weight is 355 g/mol. The smallest absolute Gasteiger partial charge is 0.154 e. The molecule has 0 amide bonds. The average Bonchev–Trinajstić information content (AvgIpc) is 2.70. The summed E-state index contributed by atoms with van der Waals surface area (Å²) >= 11 is 0. The van der Waals surface area contributed by atoms with Crippen molar-refractivity contribution in [2.24, 2.45) is 0 Å². The van der Waals surface area contributed by atoms with Crippen LogP contribution in [0.25, 0.3) is 0 Å². The van der Waals surface area contributed by atoms with E-state index in [4.69, 9.17) is 0 Å². The van der Waals surface area contributed by atoms with E-state index in [0.717, 1.165) is 17.7 Å². The maximum absolute atomic E-state index is 11.3. The van der Waals surface area contributed by atoms with E-state index >= 15 is 0 Å². The Morgan fingerprint density at radius 3 is 1.89 bits per heavy atom. The molecule has 0 aliphatic carbocycles. The molecule has 3 aromatic rings. The first kappa shape index (κ1) is 18.9. The van der Waals surface area contributed by atoms with Crippen LogP contribution in [0.5, 0.6) is 0 Å². The molecule has 3 rings (SSSR count). The van der Waals surface area contributed by atoms with Gasteiger partial charge in [-0.2, -0.15) is 0 Å². The highest BCUT2D eigenvalue weighted by Gasteiger charge is 2.27. The van der Waals surface area contributed by atoms with Gasteiger partial charge in [0.2, 0.25) is 0 Å². The third-order valence-electron chi connectivity index (χ3n) is 4.49. The molecule has 2 heteroatoms. The van der Waals surface area contributed by atoms with Crippen LogP contribution in [-0.4, -0.2) is 23.6 Å². The fraction of sp³-hybridized carbons (Fsp3) is 0.200. The van der Waals surface area contributed by atoms with Crippen LogP contribution in [-0.2, 0) is 18.6 Å². The van der Waals surface area contributed by atoms with Crippen LogP contribution in [0.3, 0.4) is 0 Å². The minimum absolute atomic E-state index is 0.466. The zero-order chi connectivity index (χ0) is 19.0. The maximum Gasteiger partial charge on any atom is 0.154 e. The van der Waals surface area contributed by atoms with Crippen molar-refractivity contribution in [1.29, 1.82) is 0 Å². The lowest BCUT2D eigenvalue weighted by Crippen LogP contribution is -2.27. The van der Waals surface area contributed by atoms with Crippen molar-refractivity contribution in [3.05, 3.63) is 108 Å². The third kappa shape index (κ3) is 5.56. The lowest BCUT2D eigenvalue weighted by atomic mass is 9.87. The molecule has 0 aliphatic heterocycles. The molecule has 1 unspecified atom stereocenters. The van der Waals surface area contributed by atoms with Gasteiger partial charge in [0.15, 0.2) is 5.60 Å². The third-order valence-corrected chi connectivity index (χ3v) is 4.49. The highest BCUT2D eigenvalue weighted by molar-refractivity contribution is 5.35. The Morgan fingerprint density at radius 2 is 1.30 bits per heavy atom. The minimum atomic E-state index is -1.20. The number of rotatable bonds is 6. The molecule has 27 heavy (non-hydrogen) atoms. The SMILES string of the molecule is CN(CC#CC(O)(Cc1ccccc1)c1ccccc1)Cc1ccccc1. The van der Waals surface area contributed by atoms with Crippen molar-refractivity contribution in [1.82, 2.24) is 4.90 Å². The van der Waals surface area contributed by atoms with Crippen molar-refractivity contribution in [3.63, 3.8) is 0 Å². The van der Waals surface area contributed by atoms with Gasteiger partial charge in [-0.25, -0.2) is 0 Å². The van der Waals surface area contributed by atoms with Gasteiger partial charge in [-0.05, 0) is 23.7 Å². The summed E-state index contributed by atoms with van der Waals surface area (Å²) in [4.78, 5) is 2.15. The van der Waals surface area contributed by atoms with E-state index in [-0.39, 0.29) is 0 Å². The largest absolute Gasteiger partial charge is 0.373 e. The molecule has 3 aromatic carbocycles. The van der Waals surface area contributed by atoms with Gasteiger partial charge in [0.1, 0.15) is 0 Å². The van der Waals surface area contributed by atoms with E-state index in [0.29, 0.717) is 13.0 Å². The quantitative estimate of drug-likeness (QED) is 0.668. The number of hydrogen-bond acceptors (Lipinski definition) is 2. The van der Waals surface area contributed by atoms with E-state index in [1.807, 2.05) is 85.9 Å². The summed E-state index contributed by atoms with van der Waals surface area (Å²) in [6.07, 6.45) is 0.466. The fourth-order valence-corrected chi connectivity index (χ4v) is 3.10. The molecule has 0 spiro atoms. The molecule has 1 atom stereocenters. The Labute approximate surface area is 162 Å². The molecular formula is C25H25NO. The van der Waals surface area contributed by atoms with Crippen LogP contribution in [0.1, 0.15) is 16.7 Å². The highest BCUT2D eigenvalue weighted by atomic mass is 16.3. The first-order valence-electron chi connectivity index (χ1n) is 9.20. The Bertz CT molecular complexity index is 881. The summed E-state index contributed by atoms with van der Waals surface area (Å²) in [6, 6.07) is 30.0. The van der Waals surface area contributed by atoms with Crippen molar-refractivity contribution in [3.8, 4) is 11.8 Å². The van der Waals surface area contributed by atoms with Crippen molar-refractivity contribution >= 4 is 0 Å².